The van der Waals surface area contributed by atoms with Gasteiger partial charge in [-0.1, -0.05) is 30.7 Å². The van der Waals surface area contributed by atoms with Crippen molar-refractivity contribution >= 4 is 46.2 Å². The summed E-state index contributed by atoms with van der Waals surface area (Å²) < 4.78 is 3.31. The van der Waals surface area contributed by atoms with Gasteiger partial charge >= 0.3 is 0 Å². The molecule has 0 bridgehead atoms. The Balaban J connectivity index is 1.33. The van der Waals surface area contributed by atoms with E-state index in [-0.39, 0.29) is 0 Å². The van der Waals surface area contributed by atoms with Gasteiger partial charge in [0.25, 0.3) is 0 Å². The van der Waals surface area contributed by atoms with Gasteiger partial charge in [-0.3, -0.25) is 0 Å². The van der Waals surface area contributed by atoms with Crippen LogP contribution >= 0.6 is 23.5 Å². The first kappa shape index (κ1) is 26.7. The highest BCUT2D eigenvalue weighted by molar-refractivity contribution is 8.00. The van der Waals surface area contributed by atoms with E-state index in [9.17, 15) is 0 Å². The number of aryl methyl sites for hydroxylation is 2. The third-order valence-electron chi connectivity index (χ3n) is 7.40. The Labute approximate surface area is 234 Å². The first-order valence-electron chi connectivity index (χ1n) is 13.3. The summed E-state index contributed by atoms with van der Waals surface area (Å²) in [5.41, 5.74) is 5.44. The molecule has 2 heterocycles. The smallest absolute Gasteiger partial charge is 0.223 e. The van der Waals surface area contributed by atoms with Gasteiger partial charge < -0.3 is 14.9 Å². The average molecular weight is 547 g/mol. The quantitative estimate of drug-likeness (QED) is 0.220. The zero-order chi connectivity index (χ0) is 26.6. The third kappa shape index (κ3) is 6.06. The maximum absolute atomic E-state index is 6.28. The topological polar surface area (TPSA) is 66.0 Å². The van der Waals surface area contributed by atoms with Crippen LogP contribution < -0.4 is 10.0 Å². The molecule has 6 nitrogen and oxygen atoms in total. The number of benzene rings is 2. The molecule has 0 saturated heterocycles. The van der Waals surface area contributed by atoms with Gasteiger partial charge in [0, 0.05) is 39.8 Å². The zero-order valence-corrected chi connectivity index (χ0v) is 24.0. The lowest BCUT2D eigenvalue weighted by atomic mass is 9.90. The molecule has 0 spiro atoms. The second-order valence-corrected chi connectivity index (χ2v) is 11.5. The highest BCUT2D eigenvalue weighted by Crippen LogP contribution is 2.32. The number of nitrogens with zero attached hydrogens (tertiary/aromatic N) is 4. The molecule has 4 aromatic rings. The molecule has 0 aliphatic heterocycles. The minimum Gasteiger partial charge on any atom is -0.351 e. The lowest BCUT2D eigenvalue weighted by Gasteiger charge is -2.33. The summed E-state index contributed by atoms with van der Waals surface area (Å²) >= 11 is 7.74. The van der Waals surface area contributed by atoms with E-state index >= 15 is 0 Å². The molecule has 0 unspecified atom stereocenters. The molecule has 1 aliphatic rings. The van der Waals surface area contributed by atoms with Crippen LogP contribution in [0.4, 0.5) is 11.8 Å². The molecule has 1 saturated carbocycles. The first-order valence-corrected chi connectivity index (χ1v) is 14.5. The van der Waals surface area contributed by atoms with Crippen molar-refractivity contribution in [3.8, 4) is 11.1 Å². The number of halogens is 1. The largest absolute Gasteiger partial charge is 0.351 e. The SMILES string of the molecule is CCc1cc(-c2ccc(NSc3ccccc3Cl)nc2C)cc2cnc(NC3CCC(N(C)C)CC3)nc12. The monoisotopic (exact) mass is 546 g/mol. The van der Waals surface area contributed by atoms with Gasteiger partial charge in [0.15, 0.2) is 0 Å². The van der Waals surface area contributed by atoms with Crippen molar-refractivity contribution in [2.24, 2.45) is 0 Å². The molecule has 1 fully saturated rings. The fourth-order valence-corrected chi connectivity index (χ4v) is 6.08. The van der Waals surface area contributed by atoms with Gasteiger partial charge in [0.1, 0.15) is 5.82 Å². The maximum atomic E-state index is 6.28. The Morgan fingerprint density at radius 1 is 1.03 bits per heavy atom. The summed E-state index contributed by atoms with van der Waals surface area (Å²) in [6.07, 6.45) is 7.58. The predicted molar refractivity (Wildman–Crippen MR) is 161 cm³/mol. The maximum Gasteiger partial charge on any atom is 0.223 e. The number of anilines is 2. The summed E-state index contributed by atoms with van der Waals surface area (Å²) in [4.78, 5) is 17.8. The number of hydrogen-bond donors (Lipinski definition) is 2. The molecule has 0 radical (unpaired) electrons. The summed E-state index contributed by atoms with van der Waals surface area (Å²) in [6, 6.07) is 17.4. The predicted octanol–water partition coefficient (Wildman–Crippen LogP) is 7.62. The molecule has 0 amide bonds. The zero-order valence-electron chi connectivity index (χ0n) is 22.5. The highest BCUT2D eigenvalue weighted by atomic mass is 35.5. The van der Waals surface area contributed by atoms with Crippen molar-refractivity contribution in [3.63, 3.8) is 0 Å². The highest BCUT2D eigenvalue weighted by Gasteiger charge is 2.23. The van der Waals surface area contributed by atoms with Crippen molar-refractivity contribution in [1.29, 1.82) is 0 Å². The number of rotatable bonds is 8. The molecule has 2 aromatic carbocycles. The van der Waals surface area contributed by atoms with Crippen LogP contribution in [0.25, 0.3) is 22.0 Å². The van der Waals surface area contributed by atoms with Crippen molar-refractivity contribution in [2.45, 2.75) is 62.9 Å². The van der Waals surface area contributed by atoms with Gasteiger partial charge in [-0.25, -0.2) is 15.0 Å². The Morgan fingerprint density at radius 2 is 1.82 bits per heavy atom. The van der Waals surface area contributed by atoms with E-state index in [1.165, 1.54) is 30.4 Å². The standard InChI is InChI=1S/C30H35ClN6S/c1-5-20-16-21(25-14-15-28(33-19(25)2)36-38-27-9-7-6-8-26(27)31)17-22-18-32-30(35-29(20)22)34-23-10-12-24(13-11-23)37(3)4/h6-9,14-18,23-24H,5,10-13H2,1-4H3,(H,33,36)(H,32,34,35). The molecular weight excluding hydrogens is 512 g/mol. The second-order valence-electron chi connectivity index (χ2n) is 10.2. The minimum absolute atomic E-state index is 0.435. The molecule has 198 valence electrons. The van der Waals surface area contributed by atoms with Gasteiger partial charge in [-0.05, 0) is 113 Å². The van der Waals surface area contributed by atoms with E-state index in [1.807, 2.05) is 43.5 Å². The Kier molecular flexibility index (Phi) is 8.36. The Hall–Kier alpha value is -2.87. The van der Waals surface area contributed by atoms with E-state index in [0.29, 0.717) is 12.1 Å². The second kappa shape index (κ2) is 11.9. The normalized spacial score (nSPS) is 17.6. The average Bonchev–Trinajstić information content (AvgIpc) is 2.92. The molecule has 0 atom stereocenters. The van der Waals surface area contributed by atoms with Crippen LogP contribution in [0.15, 0.2) is 59.6 Å². The lowest BCUT2D eigenvalue weighted by Crippen LogP contribution is -2.36. The summed E-state index contributed by atoms with van der Waals surface area (Å²) in [5, 5.41) is 5.38. The molecule has 38 heavy (non-hydrogen) atoms. The van der Waals surface area contributed by atoms with Gasteiger partial charge in [0.05, 0.1) is 10.5 Å². The number of pyridine rings is 1. The molecule has 5 rings (SSSR count). The van der Waals surface area contributed by atoms with E-state index in [1.54, 1.807) is 0 Å². The van der Waals surface area contributed by atoms with Crippen molar-refractivity contribution in [2.75, 3.05) is 24.1 Å². The molecule has 2 N–H and O–H groups in total. The van der Waals surface area contributed by atoms with Crippen LogP contribution in [0, 0.1) is 6.92 Å². The van der Waals surface area contributed by atoms with Crippen LogP contribution in [0.5, 0.6) is 0 Å². The summed E-state index contributed by atoms with van der Waals surface area (Å²) in [7, 11) is 4.35. The van der Waals surface area contributed by atoms with Crippen molar-refractivity contribution in [3.05, 3.63) is 71.0 Å². The number of aromatic nitrogens is 3. The fraction of sp³-hybridized carbons (Fsp3) is 0.367. The van der Waals surface area contributed by atoms with E-state index < -0.39 is 0 Å². The fourth-order valence-electron chi connectivity index (χ4n) is 5.19. The number of nitrogens with one attached hydrogen (secondary N) is 2. The summed E-state index contributed by atoms with van der Waals surface area (Å²) in [5.74, 6) is 1.53. The molecular formula is C30H35ClN6S. The van der Waals surface area contributed by atoms with Crippen LogP contribution in [0.1, 0.15) is 43.9 Å². The van der Waals surface area contributed by atoms with E-state index in [0.717, 1.165) is 68.7 Å². The number of fused-ring (bicyclic) bond motifs is 1. The summed E-state index contributed by atoms with van der Waals surface area (Å²) in [6.45, 7) is 4.23. The number of hydrogen-bond acceptors (Lipinski definition) is 7. The molecule has 2 aromatic heterocycles. The van der Waals surface area contributed by atoms with Gasteiger partial charge in [-0.2, -0.15) is 0 Å². The van der Waals surface area contributed by atoms with Crippen LogP contribution in [-0.2, 0) is 6.42 Å². The molecule has 8 heteroatoms. The van der Waals surface area contributed by atoms with Crippen molar-refractivity contribution < 1.29 is 0 Å². The third-order valence-corrected chi connectivity index (χ3v) is 8.73. The van der Waals surface area contributed by atoms with E-state index in [2.05, 4.69) is 54.2 Å². The minimum atomic E-state index is 0.435. The van der Waals surface area contributed by atoms with E-state index in [4.69, 9.17) is 26.6 Å². The van der Waals surface area contributed by atoms with Gasteiger partial charge in [-0.15, -0.1) is 0 Å². The Bertz CT molecular complexity index is 1420. The van der Waals surface area contributed by atoms with Crippen molar-refractivity contribution in [1.82, 2.24) is 19.9 Å². The molecule has 1 aliphatic carbocycles. The first-order chi connectivity index (χ1) is 18.4. The van der Waals surface area contributed by atoms with Crippen LogP contribution in [-0.4, -0.2) is 46.0 Å². The van der Waals surface area contributed by atoms with Crippen LogP contribution in [0.2, 0.25) is 5.02 Å². The Morgan fingerprint density at radius 3 is 2.53 bits per heavy atom. The van der Waals surface area contributed by atoms with Crippen LogP contribution in [0.3, 0.4) is 0 Å². The van der Waals surface area contributed by atoms with Gasteiger partial charge in [0.2, 0.25) is 5.95 Å². The lowest BCUT2D eigenvalue weighted by molar-refractivity contribution is 0.221.